The number of nitrogens with one attached hydrogen (secondary N) is 1. The Morgan fingerprint density at radius 2 is 2.04 bits per heavy atom. The summed E-state index contributed by atoms with van der Waals surface area (Å²) in [5, 5.41) is 3.11. The van der Waals surface area contributed by atoms with Crippen molar-refractivity contribution in [2.24, 2.45) is 11.8 Å². The highest BCUT2D eigenvalue weighted by molar-refractivity contribution is 5.78. The lowest BCUT2D eigenvalue weighted by atomic mass is 9.96. The number of alkyl halides is 3. The van der Waals surface area contributed by atoms with Gasteiger partial charge >= 0.3 is 6.18 Å². The van der Waals surface area contributed by atoms with Gasteiger partial charge in [0.05, 0.1) is 0 Å². The molecule has 5 nitrogen and oxygen atoms in total. The number of rotatable bonds is 6. The Morgan fingerprint density at radius 3 is 2.64 bits per heavy atom. The number of halogens is 3. The van der Waals surface area contributed by atoms with E-state index in [-0.39, 0.29) is 18.2 Å². The number of carbonyl (C=O) groups is 1. The molecule has 1 amide bonds. The quantitative estimate of drug-likeness (QED) is 0.848. The minimum atomic E-state index is -4.18. The number of piperidine rings is 1. The van der Waals surface area contributed by atoms with E-state index < -0.39 is 12.6 Å². The second kappa shape index (κ2) is 8.49. The van der Waals surface area contributed by atoms with Crippen molar-refractivity contribution in [2.45, 2.75) is 45.7 Å². The van der Waals surface area contributed by atoms with Gasteiger partial charge in [-0.05, 0) is 31.2 Å². The lowest BCUT2D eigenvalue weighted by Crippen LogP contribution is -2.41. The van der Waals surface area contributed by atoms with Crippen LogP contribution in [0.4, 0.5) is 19.1 Å². The molecule has 0 radical (unpaired) electrons. The molecule has 1 saturated heterocycles. The summed E-state index contributed by atoms with van der Waals surface area (Å²) in [5.74, 6) is 0.966. The van der Waals surface area contributed by atoms with Crippen LogP contribution in [0.1, 0.15) is 38.8 Å². The standard InChI is InChI=1S/C17H25F3N4O/c1-12(2)15(25)24-9-5-13(6-10-24)11-22-16-21-8-4-14(23-16)3-7-17(18,19)20/h4,8,12-13H,3,5-7,9-11H2,1-2H3,(H,21,22,23). The highest BCUT2D eigenvalue weighted by Gasteiger charge is 2.27. The second-order valence-electron chi connectivity index (χ2n) is 6.79. The van der Waals surface area contributed by atoms with Crippen molar-refractivity contribution in [2.75, 3.05) is 25.0 Å². The van der Waals surface area contributed by atoms with Gasteiger partial charge in [0.1, 0.15) is 0 Å². The van der Waals surface area contributed by atoms with E-state index in [0.717, 1.165) is 25.9 Å². The summed E-state index contributed by atoms with van der Waals surface area (Å²) in [6.45, 7) is 5.95. The Bertz CT molecular complexity index is 569. The Kier molecular flexibility index (Phi) is 6.61. The smallest absolute Gasteiger partial charge is 0.354 e. The second-order valence-corrected chi connectivity index (χ2v) is 6.79. The van der Waals surface area contributed by atoms with Gasteiger partial charge < -0.3 is 10.2 Å². The average Bonchev–Trinajstić information content (AvgIpc) is 2.58. The van der Waals surface area contributed by atoms with Gasteiger partial charge in [-0.25, -0.2) is 9.97 Å². The first-order chi connectivity index (χ1) is 11.7. The minimum Gasteiger partial charge on any atom is -0.354 e. The maximum atomic E-state index is 12.3. The number of aryl methyl sites for hydroxylation is 1. The molecule has 1 aliphatic rings. The van der Waals surface area contributed by atoms with Crippen molar-refractivity contribution < 1.29 is 18.0 Å². The van der Waals surface area contributed by atoms with Crippen molar-refractivity contribution in [1.82, 2.24) is 14.9 Å². The summed E-state index contributed by atoms with van der Waals surface area (Å²) in [7, 11) is 0. The Labute approximate surface area is 146 Å². The molecule has 1 aliphatic heterocycles. The van der Waals surface area contributed by atoms with Crippen LogP contribution in [0.2, 0.25) is 0 Å². The molecule has 25 heavy (non-hydrogen) atoms. The molecule has 0 aliphatic carbocycles. The number of anilines is 1. The summed E-state index contributed by atoms with van der Waals surface area (Å²) < 4.78 is 36.9. The van der Waals surface area contributed by atoms with Gasteiger partial charge in [-0.15, -0.1) is 0 Å². The fourth-order valence-electron chi connectivity index (χ4n) is 2.85. The van der Waals surface area contributed by atoms with E-state index in [1.165, 1.54) is 12.3 Å². The number of hydrogen-bond acceptors (Lipinski definition) is 4. The molecule has 1 aromatic rings. The Morgan fingerprint density at radius 1 is 1.36 bits per heavy atom. The monoisotopic (exact) mass is 358 g/mol. The Balaban J connectivity index is 1.78. The summed E-state index contributed by atoms with van der Waals surface area (Å²) in [6, 6.07) is 1.51. The molecule has 0 saturated carbocycles. The zero-order valence-corrected chi connectivity index (χ0v) is 14.6. The third kappa shape index (κ3) is 6.51. The number of hydrogen-bond donors (Lipinski definition) is 1. The van der Waals surface area contributed by atoms with Crippen LogP contribution in [0.5, 0.6) is 0 Å². The fraction of sp³-hybridized carbons (Fsp3) is 0.706. The molecule has 1 N–H and O–H groups in total. The molecule has 0 bridgehead atoms. The molecule has 0 spiro atoms. The van der Waals surface area contributed by atoms with Crippen LogP contribution in [-0.4, -0.2) is 46.6 Å². The summed E-state index contributed by atoms with van der Waals surface area (Å²) in [4.78, 5) is 22.1. The van der Waals surface area contributed by atoms with E-state index >= 15 is 0 Å². The summed E-state index contributed by atoms with van der Waals surface area (Å²) in [6.07, 6.45) is -1.93. The highest BCUT2D eigenvalue weighted by Crippen LogP contribution is 2.22. The van der Waals surface area contributed by atoms with E-state index in [1.54, 1.807) is 0 Å². The van der Waals surface area contributed by atoms with E-state index in [1.807, 2.05) is 18.7 Å². The van der Waals surface area contributed by atoms with Crippen LogP contribution < -0.4 is 5.32 Å². The van der Waals surface area contributed by atoms with Crippen molar-refractivity contribution in [3.8, 4) is 0 Å². The first-order valence-electron chi connectivity index (χ1n) is 8.66. The molecule has 2 rings (SSSR count). The van der Waals surface area contributed by atoms with Crippen LogP contribution in [0, 0.1) is 11.8 Å². The zero-order valence-electron chi connectivity index (χ0n) is 14.6. The predicted molar refractivity (Wildman–Crippen MR) is 89.0 cm³/mol. The summed E-state index contributed by atoms with van der Waals surface area (Å²) >= 11 is 0. The molecule has 2 heterocycles. The normalized spacial score (nSPS) is 16.3. The average molecular weight is 358 g/mol. The molecular weight excluding hydrogens is 333 g/mol. The maximum absolute atomic E-state index is 12.3. The van der Waals surface area contributed by atoms with E-state index in [9.17, 15) is 18.0 Å². The topological polar surface area (TPSA) is 58.1 Å². The molecule has 8 heteroatoms. The number of nitrogens with zero attached hydrogens (tertiary/aromatic N) is 3. The highest BCUT2D eigenvalue weighted by atomic mass is 19.4. The van der Waals surface area contributed by atoms with Crippen LogP contribution in [0.25, 0.3) is 0 Å². The lowest BCUT2D eigenvalue weighted by molar-refractivity contribution is -0.136. The van der Waals surface area contributed by atoms with E-state index in [4.69, 9.17) is 0 Å². The molecule has 1 aromatic heterocycles. The molecule has 140 valence electrons. The third-order valence-electron chi connectivity index (χ3n) is 4.35. The predicted octanol–water partition coefficient (Wildman–Crippen LogP) is 3.28. The fourth-order valence-corrected chi connectivity index (χ4v) is 2.85. The zero-order chi connectivity index (χ0) is 18.4. The molecule has 0 aromatic carbocycles. The van der Waals surface area contributed by atoms with Crippen LogP contribution in [0.3, 0.4) is 0 Å². The van der Waals surface area contributed by atoms with Crippen LogP contribution in [0.15, 0.2) is 12.3 Å². The number of aromatic nitrogens is 2. The van der Waals surface area contributed by atoms with Crippen molar-refractivity contribution >= 4 is 11.9 Å². The minimum absolute atomic E-state index is 0.0162. The van der Waals surface area contributed by atoms with Crippen molar-refractivity contribution in [3.63, 3.8) is 0 Å². The van der Waals surface area contributed by atoms with Gasteiger partial charge in [0, 0.05) is 43.9 Å². The van der Waals surface area contributed by atoms with E-state index in [2.05, 4.69) is 15.3 Å². The number of amides is 1. The SMILES string of the molecule is CC(C)C(=O)N1CCC(CNc2nccc(CCC(F)(F)F)n2)CC1. The van der Waals surface area contributed by atoms with Crippen LogP contribution in [-0.2, 0) is 11.2 Å². The largest absolute Gasteiger partial charge is 0.389 e. The molecule has 0 unspecified atom stereocenters. The van der Waals surface area contributed by atoms with Gasteiger partial charge in [0.2, 0.25) is 11.9 Å². The van der Waals surface area contributed by atoms with Crippen molar-refractivity contribution in [3.05, 3.63) is 18.0 Å². The van der Waals surface area contributed by atoms with E-state index in [0.29, 0.717) is 24.1 Å². The molecule has 0 atom stereocenters. The number of likely N-dealkylation sites (tertiary alicyclic amines) is 1. The first kappa shape index (κ1) is 19.5. The maximum Gasteiger partial charge on any atom is 0.389 e. The lowest BCUT2D eigenvalue weighted by Gasteiger charge is -2.33. The summed E-state index contributed by atoms with van der Waals surface area (Å²) in [5.41, 5.74) is 0.382. The van der Waals surface area contributed by atoms with Gasteiger partial charge in [0.15, 0.2) is 0 Å². The third-order valence-corrected chi connectivity index (χ3v) is 4.35. The van der Waals surface area contributed by atoms with Crippen LogP contribution >= 0.6 is 0 Å². The van der Waals surface area contributed by atoms with Gasteiger partial charge in [-0.1, -0.05) is 13.8 Å². The molecular formula is C17H25F3N4O. The van der Waals surface area contributed by atoms with Gasteiger partial charge in [-0.2, -0.15) is 13.2 Å². The Hall–Kier alpha value is -1.86. The van der Waals surface area contributed by atoms with Crippen molar-refractivity contribution in [1.29, 1.82) is 0 Å². The van der Waals surface area contributed by atoms with Gasteiger partial charge in [0.25, 0.3) is 0 Å². The first-order valence-corrected chi connectivity index (χ1v) is 8.66. The number of carbonyl (C=O) groups excluding carboxylic acids is 1. The van der Waals surface area contributed by atoms with Gasteiger partial charge in [-0.3, -0.25) is 4.79 Å². The molecule has 1 fully saturated rings.